The van der Waals surface area contributed by atoms with E-state index in [1.54, 1.807) is 20.8 Å². The van der Waals surface area contributed by atoms with Gasteiger partial charge in [-0.2, -0.15) is 4.98 Å². The minimum Gasteiger partial charge on any atom is -0.460 e. The first kappa shape index (κ1) is 30.0. The van der Waals surface area contributed by atoms with Gasteiger partial charge < -0.3 is 18.4 Å². The Hall–Kier alpha value is -2.25. The van der Waals surface area contributed by atoms with Crippen LogP contribution in [0.25, 0.3) is 0 Å². The van der Waals surface area contributed by atoms with E-state index in [1.807, 2.05) is 33.3 Å². The zero-order valence-corrected chi connectivity index (χ0v) is 22.9. The van der Waals surface area contributed by atoms with Gasteiger partial charge >= 0.3 is 17.8 Å². The van der Waals surface area contributed by atoms with E-state index in [0.29, 0.717) is 4.57 Å². The van der Waals surface area contributed by atoms with E-state index < -0.39 is 58.3 Å². The summed E-state index contributed by atoms with van der Waals surface area (Å²) in [5, 5.41) is 2.22. The van der Waals surface area contributed by atoms with Gasteiger partial charge in [-0.05, 0) is 39.3 Å². The Morgan fingerprint density at radius 3 is 2.44 bits per heavy atom. The first-order valence-electron chi connectivity index (χ1n) is 11.5. The third-order valence-corrected chi connectivity index (χ3v) is 9.15. The Morgan fingerprint density at radius 1 is 1.25 bits per heavy atom. The lowest BCUT2D eigenvalue weighted by Crippen LogP contribution is -2.35. The molecule has 36 heavy (non-hydrogen) atoms. The van der Waals surface area contributed by atoms with Crippen molar-refractivity contribution in [2.45, 2.75) is 83.0 Å². The lowest BCUT2D eigenvalue weighted by molar-refractivity contribution is -0.155. The highest BCUT2D eigenvalue weighted by atomic mass is 32.3. The lowest BCUT2D eigenvalue weighted by atomic mass is 10.2. The van der Waals surface area contributed by atoms with Crippen molar-refractivity contribution in [3.63, 3.8) is 0 Å². The minimum atomic E-state index is -3.32. The van der Waals surface area contributed by atoms with Gasteiger partial charge in [-0.3, -0.25) is 14.7 Å². The molecule has 1 aliphatic rings. The molecule has 0 bridgehead atoms. The zero-order chi connectivity index (χ0) is 27.5. The summed E-state index contributed by atoms with van der Waals surface area (Å²) in [4.78, 5) is 39.6. The molecule has 1 saturated heterocycles. The Kier molecular flexibility index (Phi) is 9.17. The summed E-state index contributed by atoms with van der Waals surface area (Å²) in [7, 11) is -1.53. The first-order valence-corrected chi connectivity index (χ1v) is 13.8. The Balaban J connectivity index is 1.96. The number of halogens is 2. The number of nitrogens with zero attached hydrogens (tertiary/aromatic N) is 2. The Bertz CT molecular complexity index is 1000. The van der Waals surface area contributed by atoms with Crippen LogP contribution < -0.4 is 11.0 Å². The van der Waals surface area contributed by atoms with Crippen LogP contribution in [0.2, 0.25) is 0 Å². The topological polar surface area (TPSA) is 118 Å². The standard InChI is InChI=1S/C23H37F2N3O7S/c1-21(2,3)35-17(29)10-12-32-20(31)27-16-9-11-28(19(30)26-16)18-23(24,25)13-15(34-18)14-33-36(7,8)22(4,5)6/h9,11,15,18H,10,12-14H2,1-8H3,(H,26,27,30,31). The summed E-state index contributed by atoms with van der Waals surface area (Å²) in [6, 6.07) is 1.17. The van der Waals surface area contributed by atoms with E-state index in [-0.39, 0.29) is 30.2 Å². The SMILES string of the molecule is CC(C)(C)OC(=O)CCOC(=O)Nc1ccn(C2OC(COS(C)(C)C(C)(C)C)CC2(F)F)c(=O)n1. The van der Waals surface area contributed by atoms with E-state index in [4.69, 9.17) is 18.4 Å². The smallest absolute Gasteiger partial charge is 0.412 e. The zero-order valence-electron chi connectivity index (χ0n) is 22.1. The van der Waals surface area contributed by atoms with Crippen LogP contribution in [0.15, 0.2) is 17.1 Å². The van der Waals surface area contributed by atoms with Gasteiger partial charge in [-0.15, -0.1) is 10.3 Å². The molecule has 1 amide bonds. The third-order valence-electron chi connectivity index (χ3n) is 5.48. The number of hydrogen-bond acceptors (Lipinski definition) is 8. The summed E-state index contributed by atoms with van der Waals surface area (Å²) < 4.78 is 51.4. The number of carbonyl (C=O) groups excluding carboxylic acids is 2. The van der Waals surface area contributed by atoms with Crippen LogP contribution in [0.4, 0.5) is 19.4 Å². The molecule has 1 aliphatic heterocycles. The number of rotatable bonds is 8. The molecule has 206 valence electrons. The minimum absolute atomic E-state index is 0.0252. The third kappa shape index (κ3) is 8.41. The molecule has 1 aromatic heterocycles. The van der Waals surface area contributed by atoms with Crippen LogP contribution in [0.1, 0.15) is 60.6 Å². The second-order valence-electron chi connectivity index (χ2n) is 10.8. The highest BCUT2D eigenvalue weighted by Crippen LogP contribution is 2.54. The fourth-order valence-corrected chi connectivity index (χ4v) is 3.79. The van der Waals surface area contributed by atoms with Gasteiger partial charge in [-0.25, -0.2) is 18.4 Å². The fourth-order valence-electron chi connectivity index (χ4n) is 2.95. The van der Waals surface area contributed by atoms with E-state index in [2.05, 4.69) is 10.3 Å². The number of hydrogen-bond donors (Lipinski definition) is 1. The van der Waals surface area contributed by atoms with Gasteiger partial charge in [0.25, 0.3) is 5.92 Å². The molecule has 0 radical (unpaired) electrons. The molecule has 2 rings (SSSR count). The molecular weight excluding hydrogens is 500 g/mol. The van der Waals surface area contributed by atoms with E-state index in [1.165, 1.54) is 6.07 Å². The van der Waals surface area contributed by atoms with Crippen LogP contribution in [0.3, 0.4) is 0 Å². The quantitative estimate of drug-likeness (QED) is 0.489. The maximum atomic E-state index is 14.7. The fraction of sp³-hybridized carbons (Fsp3) is 0.739. The van der Waals surface area contributed by atoms with Crippen molar-refractivity contribution >= 4 is 28.2 Å². The normalized spacial score (nSPS) is 20.6. The molecule has 0 saturated carbocycles. The summed E-state index contributed by atoms with van der Waals surface area (Å²) in [6.07, 6.45) is 0.503. The Labute approximate surface area is 211 Å². The van der Waals surface area contributed by atoms with Crippen LogP contribution in [0, 0.1) is 0 Å². The van der Waals surface area contributed by atoms with E-state index >= 15 is 0 Å². The van der Waals surface area contributed by atoms with Crippen molar-refractivity contribution in [1.82, 2.24) is 9.55 Å². The van der Waals surface area contributed by atoms with Crippen LogP contribution in [-0.2, 0) is 23.2 Å². The second kappa shape index (κ2) is 11.0. The molecule has 1 fully saturated rings. The molecule has 10 nitrogen and oxygen atoms in total. The second-order valence-corrected chi connectivity index (χ2v) is 14.7. The number of ether oxygens (including phenoxy) is 3. The highest BCUT2D eigenvalue weighted by molar-refractivity contribution is 8.29. The van der Waals surface area contributed by atoms with Crippen molar-refractivity contribution in [1.29, 1.82) is 0 Å². The van der Waals surface area contributed by atoms with Gasteiger partial charge in [-0.1, -0.05) is 20.8 Å². The predicted molar refractivity (Wildman–Crippen MR) is 133 cm³/mol. The number of alkyl halides is 2. The van der Waals surface area contributed by atoms with Gasteiger partial charge in [0, 0.05) is 17.4 Å². The number of esters is 1. The van der Waals surface area contributed by atoms with Crippen molar-refractivity contribution in [2.24, 2.45) is 0 Å². The molecular formula is C23H37F2N3O7S. The highest BCUT2D eigenvalue weighted by Gasteiger charge is 2.52. The lowest BCUT2D eigenvalue weighted by Gasteiger charge is -2.44. The number of carbonyl (C=O) groups is 2. The average molecular weight is 538 g/mol. The molecule has 13 heteroatoms. The van der Waals surface area contributed by atoms with Crippen LogP contribution in [-0.4, -0.2) is 69.7 Å². The largest absolute Gasteiger partial charge is 0.460 e. The molecule has 1 aromatic rings. The molecule has 1 N–H and O–H groups in total. The van der Waals surface area contributed by atoms with Crippen molar-refractivity contribution in [2.75, 3.05) is 31.0 Å². The number of aromatic nitrogens is 2. The molecule has 2 unspecified atom stereocenters. The number of amides is 1. The summed E-state index contributed by atoms with van der Waals surface area (Å²) >= 11 is 0. The summed E-state index contributed by atoms with van der Waals surface area (Å²) in [5.41, 5.74) is -1.70. The van der Waals surface area contributed by atoms with Gasteiger partial charge in [0.05, 0.1) is 19.1 Å². The molecule has 2 heterocycles. The van der Waals surface area contributed by atoms with Crippen LogP contribution in [0.5, 0.6) is 0 Å². The summed E-state index contributed by atoms with van der Waals surface area (Å²) in [6.45, 7) is 10.9. The van der Waals surface area contributed by atoms with E-state index in [9.17, 15) is 23.2 Å². The maximum absolute atomic E-state index is 14.7. The van der Waals surface area contributed by atoms with Crippen molar-refractivity contribution < 1.29 is 36.8 Å². The average Bonchev–Trinajstić information content (AvgIpc) is 2.98. The predicted octanol–water partition coefficient (Wildman–Crippen LogP) is 4.24. The van der Waals surface area contributed by atoms with E-state index in [0.717, 1.165) is 6.20 Å². The molecule has 0 spiro atoms. The monoisotopic (exact) mass is 537 g/mol. The van der Waals surface area contributed by atoms with Gasteiger partial charge in [0.2, 0.25) is 6.23 Å². The Morgan fingerprint density at radius 2 is 1.89 bits per heavy atom. The molecule has 0 aromatic carbocycles. The van der Waals surface area contributed by atoms with Crippen molar-refractivity contribution in [3.05, 3.63) is 22.7 Å². The molecule has 0 aliphatic carbocycles. The van der Waals surface area contributed by atoms with Gasteiger partial charge in [0.15, 0.2) is 0 Å². The number of nitrogens with one attached hydrogen (secondary N) is 1. The van der Waals surface area contributed by atoms with Crippen molar-refractivity contribution in [3.8, 4) is 0 Å². The maximum Gasteiger partial charge on any atom is 0.412 e. The number of anilines is 1. The summed E-state index contributed by atoms with van der Waals surface area (Å²) in [5.74, 6) is -4.06. The van der Waals surface area contributed by atoms with Crippen LogP contribution >= 0.6 is 10.3 Å². The first-order chi connectivity index (χ1) is 16.3. The van der Waals surface area contributed by atoms with Gasteiger partial charge in [0.1, 0.15) is 18.0 Å². The molecule has 2 atom stereocenters.